The van der Waals surface area contributed by atoms with Crippen LogP contribution in [0.3, 0.4) is 0 Å². The Morgan fingerprint density at radius 3 is 2.43 bits per heavy atom. The summed E-state index contributed by atoms with van der Waals surface area (Å²) in [5.74, 6) is -5.39. The number of carbonyl (C=O) groups excluding carboxylic acids is 4. The third kappa shape index (κ3) is 3.60. The zero-order chi connectivity index (χ0) is 27.8. The predicted octanol–water partition coefficient (Wildman–Crippen LogP) is 2.65. The first-order valence-corrected chi connectivity index (χ1v) is 12.8. The van der Waals surface area contributed by atoms with Gasteiger partial charge in [0.05, 0.1) is 24.5 Å². The molecule has 3 fully saturated rings. The van der Waals surface area contributed by atoms with Crippen molar-refractivity contribution >= 4 is 23.5 Å². The minimum Gasteiger partial charge on any atom is -0.469 e. The number of aliphatic hydroxyl groups excluding tert-OH is 1. The molecule has 0 radical (unpaired) electrons. The Morgan fingerprint density at radius 1 is 1.19 bits per heavy atom. The maximum atomic E-state index is 17.3. The highest BCUT2D eigenvalue weighted by molar-refractivity contribution is 6.01. The third-order valence-corrected chi connectivity index (χ3v) is 9.75. The van der Waals surface area contributed by atoms with E-state index in [1.807, 2.05) is 0 Å². The fourth-order valence-electron chi connectivity index (χ4n) is 7.63. The maximum absolute atomic E-state index is 17.3. The molecule has 0 amide bonds. The fraction of sp³-hybridized carbons (Fsp3) is 0.714. The standard InChI is InChI=1S/C28H37FO8/c1-24(2,3)23(34)37-14-21(32)28(35)19(22(33)36-6)12-18-17-8-7-15-11-16(30)9-10-25(15,4)27(17,29)20(31)13-26(18,28)5/h9-11,17-20,31,35H,7-8,12-14H2,1-6H3/t17?,18?,19-,20-,25-,26-,27-,28-/m0/s1. The SMILES string of the molecule is COC(=O)[C@@H]1CC2C3CCC4=CC(=O)C=C[C@]4(C)[C@@]3(F)[C@@H](O)C[C@]2(C)[C@@]1(O)C(=O)COC(=O)C(C)(C)C. The molecule has 4 aliphatic carbocycles. The van der Waals surface area contributed by atoms with E-state index in [-0.39, 0.29) is 25.0 Å². The maximum Gasteiger partial charge on any atom is 0.312 e. The van der Waals surface area contributed by atoms with Crippen LogP contribution in [0.5, 0.6) is 0 Å². The Hall–Kier alpha value is -2.39. The smallest absolute Gasteiger partial charge is 0.312 e. The van der Waals surface area contributed by atoms with Crippen molar-refractivity contribution in [3.63, 3.8) is 0 Å². The lowest BCUT2D eigenvalue weighted by molar-refractivity contribution is -0.221. The number of methoxy groups -OCH3 is 1. The summed E-state index contributed by atoms with van der Waals surface area (Å²) in [5, 5.41) is 23.5. The Balaban J connectivity index is 1.77. The number of alkyl halides is 1. The van der Waals surface area contributed by atoms with Crippen LogP contribution in [0.4, 0.5) is 4.39 Å². The number of hydrogen-bond acceptors (Lipinski definition) is 8. The summed E-state index contributed by atoms with van der Waals surface area (Å²) in [6.45, 7) is 7.36. The Morgan fingerprint density at radius 2 is 1.84 bits per heavy atom. The van der Waals surface area contributed by atoms with Gasteiger partial charge in [0.2, 0.25) is 5.78 Å². The molecule has 8 nitrogen and oxygen atoms in total. The first kappa shape index (κ1) is 27.6. The lowest BCUT2D eigenvalue weighted by atomic mass is 9.44. The third-order valence-electron chi connectivity index (χ3n) is 9.75. The summed E-state index contributed by atoms with van der Waals surface area (Å²) < 4.78 is 27.4. The second-order valence-electron chi connectivity index (χ2n) is 12.6. The zero-order valence-electron chi connectivity index (χ0n) is 22.3. The number of allylic oxidation sites excluding steroid dienone is 4. The zero-order valence-corrected chi connectivity index (χ0v) is 22.3. The van der Waals surface area contributed by atoms with Gasteiger partial charge in [0.1, 0.15) is 5.60 Å². The molecule has 0 saturated heterocycles. The van der Waals surface area contributed by atoms with E-state index in [0.29, 0.717) is 12.0 Å². The van der Waals surface area contributed by atoms with E-state index in [2.05, 4.69) is 0 Å². The summed E-state index contributed by atoms with van der Waals surface area (Å²) in [7, 11) is 1.15. The average Bonchev–Trinajstić information content (AvgIpc) is 3.05. The second-order valence-corrected chi connectivity index (χ2v) is 12.6. The quantitative estimate of drug-likeness (QED) is 0.542. The molecule has 4 aliphatic rings. The van der Waals surface area contributed by atoms with Crippen LogP contribution in [-0.2, 0) is 28.7 Å². The van der Waals surface area contributed by atoms with Crippen molar-refractivity contribution in [1.29, 1.82) is 0 Å². The van der Waals surface area contributed by atoms with Crippen molar-refractivity contribution in [3.05, 3.63) is 23.8 Å². The predicted molar refractivity (Wildman–Crippen MR) is 130 cm³/mol. The van der Waals surface area contributed by atoms with Crippen LogP contribution in [0.15, 0.2) is 23.8 Å². The topological polar surface area (TPSA) is 127 Å². The Labute approximate surface area is 216 Å². The molecule has 0 aromatic carbocycles. The van der Waals surface area contributed by atoms with Crippen molar-refractivity contribution in [2.45, 2.75) is 77.7 Å². The van der Waals surface area contributed by atoms with Crippen molar-refractivity contribution < 1.29 is 43.3 Å². The Bertz CT molecular complexity index is 1100. The summed E-state index contributed by atoms with van der Waals surface area (Å²) in [5.41, 5.74) is -7.48. The summed E-state index contributed by atoms with van der Waals surface area (Å²) >= 11 is 0. The minimum absolute atomic E-state index is 0.0283. The highest BCUT2D eigenvalue weighted by Crippen LogP contribution is 2.70. The molecule has 9 heteroatoms. The molecule has 204 valence electrons. The number of aliphatic hydroxyl groups is 2. The van der Waals surface area contributed by atoms with E-state index >= 15 is 4.39 Å². The van der Waals surface area contributed by atoms with E-state index in [1.54, 1.807) is 34.6 Å². The van der Waals surface area contributed by atoms with Crippen LogP contribution in [0.2, 0.25) is 0 Å². The van der Waals surface area contributed by atoms with Crippen molar-refractivity contribution in [2.24, 2.45) is 34.0 Å². The van der Waals surface area contributed by atoms with Crippen LogP contribution >= 0.6 is 0 Å². The Kier molecular flexibility index (Phi) is 6.40. The molecule has 8 atom stereocenters. The average molecular weight is 521 g/mol. The molecule has 4 rings (SSSR count). The van der Waals surface area contributed by atoms with Crippen LogP contribution < -0.4 is 0 Å². The molecule has 0 aromatic heterocycles. The highest BCUT2D eigenvalue weighted by atomic mass is 19.1. The van der Waals surface area contributed by atoms with Gasteiger partial charge in [-0.1, -0.05) is 18.6 Å². The van der Waals surface area contributed by atoms with Crippen LogP contribution in [0, 0.1) is 34.0 Å². The van der Waals surface area contributed by atoms with E-state index in [9.17, 15) is 29.4 Å². The first-order valence-electron chi connectivity index (χ1n) is 12.8. The summed E-state index contributed by atoms with van der Waals surface area (Å²) in [6, 6.07) is 0. The molecule has 3 saturated carbocycles. The van der Waals surface area contributed by atoms with Crippen LogP contribution in [-0.4, -0.2) is 64.8 Å². The molecule has 0 spiro atoms. The number of fused-ring (bicyclic) bond motifs is 5. The van der Waals surface area contributed by atoms with Gasteiger partial charge in [-0.2, -0.15) is 0 Å². The highest BCUT2D eigenvalue weighted by Gasteiger charge is 2.77. The normalized spacial score (nSPS) is 42.7. The minimum atomic E-state index is -2.35. The van der Waals surface area contributed by atoms with E-state index in [4.69, 9.17) is 9.47 Å². The van der Waals surface area contributed by atoms with Crippen molar-refractivity contribution in [3.8, 4) is 0 Å². The second kappa shape index (κ2) is 8.56. The molecule has 0 aromatic rings. The molecular weight excluding hydrogens is 483 g/mol. The number of ether oxygens (including phenoxy) is 2. The number of halogens is 1. The van der Waals surface area contributed by atoms with Crippen molar-refractivity contribution in [2.75, 3.05) is 13.7 Å². The largest absolute Gasteiger partial charge is 0.469 e. The molecule has 2 N–H and O–H groups in total. The van der Waals surface area contributed by atoms with E-state index in [1.165, 1.54) is 18.2 Å². The number of Topliss-reactive ketones (excluding diaryl/α,β-unsaturated/α-hetero) is 1. The van der Waals surface area contributed by atoms with Gasteiger partial charge < -0.3 is 19.7 Å². The summed E-state index contributed by atoms with van der Waals surface area (Å²) in [6.07, 6.45) is 2.99. The van der Waals surface area contributed by atoms with Gasteiger partial charge in [0, 0.05) is 16.7 Å². The number of ketones is 2. The molecule has 0 bridgehead atoms. The summed E-state index contributed by atoms with van der Waals surface area (Å²) in [4.78, 5) is 50.8. The van der Waals surface area contributed by atoms with Crippen LogP contribution in [0.1, 0.15) is 60.3 Å². The molecule has 0 aliphatic heterocycles. The van der Waals surface area contributed by atoms with Gasteiger partial charge in [0.15, 0.2) is 18.1 Å². The van der Waals surface area contributed by atoms with Gasteiger partial charge in [0.25, 0.3) is 0 Å². The molecule has 2 unspecified atom stereocenters. The van der Waals surface area contributed by atoms with E-state index < -0.39 is 75.7 Å². The van der Waals surface area contributed by atoms with Crippen molar-refractivity contribution in [1.82, 2.24) is 0 Å². The molecular formula is C28H37FO8. The molecule has 0 heterocycles. The van der Waals surface area contributed by atoms with Crippen LogP contribution in [0.25, 0.3) is 0 Å². The van der Waals surface area contributed by atoms with E-state index in [0.717, 1.165) is 7.11 Å². The fourth-order valence-corrected chi connectivity index (χ4v) is 7.63. The van der Waals surface area contributed by atoms with Gasteiger partial charge in [-0.25, -0.2) is 4.39 Å². The molecule has 37 heavy (non-hydrogen) atoms. The van der Waals surface area contributed by atoms with Gasteiger partial charge >= 0.3 is 11.9 Å². The van der Waals surface area contributed by atoms with Gasteiger partial charge in [-0.15, -0.1) is 0 Å². The monoisotopic (exact) mass is 520 g/mol. The number of rotatable bonds is 4. The van der Waals surface area contributed by atoms with Gasteiger partial charge in [-0.3, -0.25) is 19.2 Å². The lowest BCUT2D eigenvalue weighted by Gasteiger charge is -2.62. The lowest BCUT2D eigenvalue weighted by Crippen LogP contribution is -2.69. The first-order chi connectivity index (χ1) is 17.0. The number of esters is 2. The number of hydrogen-bond donors (Lipinski definition) is 2. The van der Waals surface area contributed by atoms with Gasteiger partial charge in [-0.05, 0) is 71.4 Å². The number of carbonyl (C=O) groups is 4.